The van der Waals surface area contributed by atoms with Crippen molar-refractivity contribution >= 4 is 38.3 Å². The Morgan fingerprint density at radius 1 is 1.33 bits per heavy atom. The van der Waals surface area contributed by atoms with Gasteiger partial charge in [-0.1, -0.05) is 0 Å². The van der Waals surface area contributed by atoms with E-state index in [2.05, 4.69) is 31.2 Å². The quantitative estimate of drug-likeness (QED) is 0.674. The van der Waals surface area contributed by atoms with Crippen LogP contribution in [-0.2, 0) is 0 Å². The predicted molar refractivity (Wildman–Crippen MR) is 93.2 cm³/mol. The fraction of sp³-hybridized carbons (Fsp3) is 0.0625. The summed E-state index contributed by atoms with van der Waals surface area (Å²) in [7, 11) is 0. The van der Waals surface area contributed by atoms with Crippen LogP contribution in [0.2, 0.25) is 0 Å². The number of nitrogens with zero attached hydrogens (tertiary/aromatic N) is 2. The molecule has 0 spiro atoms. The maximum atomic E-state index is 13.1. The number of carbonyl (C=O) groups excluding carboxylic acids is 1. The van der Waals surface area contributed by atoms with Crippen LogP contribution in [0.1, 0.15) is 16.1 Å². The van der Waals surface area contributed by atoms with Crippen molar-refractivity contribution in [1.29, 1.82) is 0 Å². The number of rotatable bonds is 4. The first-order valence-corrected chi connectivity index (χ1v) is 8.51. The normalized spacial score (nSPS) is 10.5. The van der Waals surface area contributed by atoms with Crippen LogP contribution in [0, 0.1) is 12.7 Å². The van der Waals surface area contributed by atoms with Gasteiger partial charge in [-0.15, -0.1) is 11.3 Å². The number of benzene rings is 1. The summed E-state index contributed by atoms with van der Waals surface area (Å²) in [5.41, 5.74) is 1.23. The minimum Gasteiger partial charge on any atom is -0.438 e. The first-order valence-electron chi connectivity index (χ1n) is 6.84. The molecule has 0 saturated heterocycles. The van der Waals surface area contributed by atoms with Gasteiger partial charge in [-0.25, -0.2) is 14.4 Å². The van der Waals surface area contributed by atoms with Crippen LogP contribution in [0.15, 0.2) is 46.4 Å². The lowest BCUT2D eigenvalue weighted by molar-refractivity contribution is 0.102. The minimum atomic E-state index is -0.369. The van der Waals surface area contributed by atoms with Crippen molar-refractivity contribution in [1.82, 2.24) is 9.97 Å². The molecule has 0 aliphatic heterocycles. The number of anilines is 1. The summed E-state index contributed by atoms with van der Waals surface area (Å²) in [6, 6.07) is 7.24. The van der Waals surface area contributed by atoms with Crippen molar-refractivity contribution in [2.24, 2.45) is 0 Å². The fourth-order valence-corrected chi connectivity index (χ4v) is 2.94. The van der Waals surface area contributed by atoms with Gasteiger partial charge in [-0.05, 0) is 47.1 Å². The van der Waals surface area contributed by atoms with Gasteiger partial charge in [0.25, 0.3) is 5.91 Å². The molecule has 24 heavy (non-hydrogen) atoms. The van der Waals surface area contributed by atoms with Crippen molar-refractivity contribution < 1.29 is 13.9 Å². The third-order valence-electron chi connectivity index (χ3n) is 2.95. The highest BCUT2D eigenvalue weighted by Crippen LogP contribution is 2.29. The Balaban J connectivity index is 1.69. The number of pyridine rings is 1. The van der Waals surface area contributed by atoms with Crippen molar-refractivity contribution in [3.63, 3.8) is 0 Å². The monoisotopic (exact) mass is 407 g/mol. The highest BCUT2D eigenvalue weighted by molar-refractivity contribution is 9.10. The Kier molecular flexibility index (Phi) is 4.86. The molecule has 0 unspecified atom stereocenters. The molecule has 0 atom stereocenters. The predicted octanol–water partition coefficient (Wildman–Crippen LogP) is 4.79. The summed E-state index contributed by atoms with van der Waals surface area (Å²) in [5, 5.41) is 5.09. The van der Waals surface area contributed by atoms with E-state index >= 15 is 0 Å². The highest BCUT2D eigenvalue weighted by atomic mass is 79.9. The molecule has 3 aromatic rings. The van der Waals surface area contributed by atoms with E-state index in [9.17, 15) is 9.18 Å². The van der Waals surface area contributed by atoms with Crippen molar-refractivity contribution in [3.8, 4) is 11.6 Å². The molecular formula is C16H11BrFN3O2S. The third kappa shape index (κ3) is 3.95. The molecule has 2 aromatic heterocycles. The Morgan fingerprint density at radius 3 is 2.79 bits per heavy atom. The van der Waals surface area contributed by atoms with E-state index in [1.54, 1.807) is 12.1 Å². The Labute approximate surface area is 149 Å². The summed E-state index contributed by atoms with van der Waals surface area (Å²) in [5.74, 6) is 0.0568. The smallest absolute Gasteiger partial charge is 0.259 e. The second kappa shape index (κ2) is 7.06. The van der Waals surface area contributed by atoms with Crippen LogP contribution < -0.4 is 10.1 Å². The number of amides is 1. The molecule has 8 heteroatoms. The average Bonchev–Trinajstić information content (AvgIpc) is 2.96. The number of aryl methyl sites for hydroxylation is 1. The molecule has 122 valence electrons. The van der Waals surface area contributed by atoms with E-state index in [4.69, 9.17) is 4.74 Å². The molecule has 3 rings (SSSR count). The van der Waals surface area contributed by atoms with Gasteiger partial charge in [0.15, 0.2) is 5.13 Å². The van der Waals surface area contributed by atoms with E-state index in [-0.39, 0.29) is 11.7 Å². The SMILES string of the molecule is Cc1csc(NC(=O)c2ccc(Oc3ccc(F)cc3Br)nc2)n1. The Bertz CT molecular complexity index is 883. The van der Waals surface area contributed by atoms with E-state index in [0.29, 0.717) is 26.8 Å². The number of hydrogen-bond donors (Lipinski definition) is 1. The zero-order valence-electron chi connectivity index (χ0n) is 12.4. The first kappa shape index (κ1) is 16.5. The van der Waals surface area contributed by atoms with Gasteiger partial charge in [-0.3, -0.25) is 10.1 Å². The van der Waals surface area contributed by atoms with E-state index in [1.807, 2.05) is 12.3 Å². The molecule has 1 amide bonds. The summed E-state index contributed by atoms with van der Waals surface area (Å²) in [4.78, 5) is 20.4. The summed E-state index contributed by atoms with van der Waals surface area (Å²) < 4.78 is 19.1. The number of nitrogens with one attached hydrogen (secondary N) is 1. The molecule has 2 heterocycles. The van der Waals surface area contributed by atoms with Gasteiger partial charge in [0.2, 0.25) is 5.88 Å². The number of hydrogen-bond acceptors (Lipinski definition) is 5. The van der Waals surface area contributed by atoms with E-state index in [0.717, 1.165) is 5.69 Å². The lowest BCUT2D eigenvalue weighted by atomic mass is 10.2. The van der Waals surface area contributed by atoms with Crippen LogP contribution in [0.4, 0.5) is 9.52 Å². The van der Waals surface area contributed by atoms with Crippen LogP contribution in [-0.4, -0.2) is 15.9 Å². The molecule has 0 saturated carbocycles. The Morgan fingerprint density at radius 2 is 2.17 bits per heavy atom. The van der Waals surface area contributed by atoms with Crippen molar-refractivity contribution in [2.75, 3.05) is 5.32 Å². The van der Waals surface area contributed by atoms with Crippen LogP contribution in [0.25, 0.3) is 0 Å². The minimum absolute atomic E-state index is 0.295. The van der Waals surface area contributed by atoms with E-state index < -0.39 is 0 Å². The van der Waals surface area contributed by atoms with Gasteiger partial charge in [0.1, 0.15) is 11.6 Å². The lowest BCUT2D eigenvalue weighted by Gasteiger charge is -2.07. The van der Waals surface area contributed by atoms with Gasteiger partial charge in [-0.2, -0.15) is 0 Å². The molecule has 1 aromatic carbocycles. The van der Waals surface area contributed by atoms with Crippen LogP contribution >= 0.6 is 27.3 Å². The maximum absolute atomic E-state index is 13.1. The summed E-state index contributed by atoms with van der Waals surface area (Å²) in [6.07, 6.45) is 1.41. The van der Waals surface area contributed by atoms with Crippen LogP contribution in [0.5, 0.6) is 11.6 Å². The van der Waals surface area contributed by atoms with Gasteiger partial charge in [0, 0.05) is 17.6 Å². The molecular weight excluding hydrogens is 397 g/mol. The average molecular weight is 408 g/mol. The van der Waals surface area contributed by atoms with Crippen molar-refractivity contribution in [2.45, 2.75) is 6.92 Å². The zero-order chi connectivity index (χ0) is 17.1. The van der Waals surface area contributed by atoms with Crippen molar-refractivity contribution in [3.05, 3.63) is 63.5 Å². The second-order valence-corrected chi connectivity index (χ2v) is 6.52. The molecule has 0 aliphatic rings. The third-order valence-corrected chi connectivity index (χ3v) is 4.44. The first-order chi connectivity index (χ1) is 11.5. The number of aromatic nitrogens is 2. The number of ether oxygens (including phenoxy) is 1. The lowest BCUT2D eigenvalue weighted by Crippen LogP contribution is -2.12. The van der Waals surface area contributed by atoms with Gasteiger partial charge < -0.3 is 4.74 Å². The largest absolute Gasteiger partial charge is 0.438 e. The van der Waals surface area contributed by atoms with E-state index in [1.165, 1.54) is 35.7 Å². The molecule has 1 N–H and O–H groups in total. The number of thiazole rings is 1. The van der Waals surface area contributed by atoms with Gasteiger partial charge >= 0.3 is 0 Å². The molecule has 0 radical (unpaired) electrons. The standard InChI is InChI=1S/C16H11BrFN3O2S/c1-9-8-24-16(20-9)21-15(22)10-2-5-14(19-7-10)23-13-4-3-11(18)6-12(13)17/h2-8H,1H3,(H,20,21,22). The molecule has 0 bridgehead atoms. The molecule has 0 fully saturated rings. The van der Waals surface area contributed by atoms with Crippen LogP contribution in [0.3, 0.4) is 0 Å². The zero-order valence-corrected chi connectivity index (χ0v) is 14.8. The maximum Gasteiger partial charge on any atom is 0.259 e. The topological polar surface area (TPSA) is 64.1 Å². The van der Waals surface area contributed by atoms with Gasteiger partial charge in [0.05, 0.1) is 15.7 Å². The number of carbonyl (C=O) groups is 1. The highest BCUT2D eigenvalue weighted by Gasteiger charge is 2.10. The molecule has 0 aliphatic carbocycles. The Hall–Kier alpha value is -2.32. The number of halogens is 2. The molecule has 5 nitrogen and oxygen atoms in total. The summed E-state index contributed by atoms with van der Waals surface area (Å²) in [6.45, 7) is 1.85. The fourth-order valence-electron chi connectivity index (χ4n) is 1.83. The summed E-state index contributed by atoms with van der Waals surface area (Å²) >= 11 is 4.57. The second-order valence-electron chi connectivity index (χ2n) is 4.81.